The summed E-state index contributed by atoms with van der Waals surface area (Å²) in [6, 6.07) is 7.76. The summed E-state index contributed by atoms with van der Waals surface area (Å²) in [5.41, 5.74) is 2.60. The molecule has 1 heterocycles. The quantitative estimate of drug-likeness (QED) is 0.448. The molecule has 0 spiro atoms. The second-order valence-corrected chi connectivity index (χ2v) is 5.52. The van der Waals surface area contributed by atoms with Gasteiger partial charge in [0.2, 0.25) is 0 Å². The number of nitrogens with zero attached hydrogens (tertiary/aromatic N) is 2. The number of nitrogens with two attached hydrogens (primary N) is 1. The number of para-hydroxylation sites is 1. The van der Waals surface area contributed by atoms with Crippen molar-refractivity contribution in [2.24, 2.45) is 5.84 Å². The first-order chi connectivity index (χ1) is 10.1. The number of carbonyl (C=O) groups excluding carboxylic acids is 1. The van der Waals surface area contributed by atoms with Crippen LogP contribution in [0.2, 0.25) is 0 Å². The zero-order valence-electron chi connectivity index (χ0n) is 12.7. The normalized spacial score (nSPS) is 19.0. The number of amides is 1. The largest absolute Gasteiger partial charge is 0.491 e. The average molecular weight is 292 g/mol. The van der Waals surface area contributed by atoms with E-state index in [9.17, 15) is 4.79 Å². The number of likely N-dealkylation sites (tertiary alicyclic amines) is 1. The molecular weight excluding hydrogens is 268 g/mol. The Balaban J connectivity index is 1.83. The third-order valence-electron chi connectivity index (χ3n) is 3.91. The first-order valence-corrected chi connectivity index (χ1v) is 7.23. The number of benzene rings is 1. The van der Waals surface area contributed by atoms with Crippen LogP contribution in [0.15, 0.2) is 24.3 Å². The summed E-state index contributed by atoms with van der Waals surface area (Å²) in [6.07, 6.45) is 1.19. The van der Waals surface area contributed by atoms with E-state index in [-0.39, 0.29) is 5.91 Å². The van der Waals surface area contributed by atoms with E-state index in [1.165, 1.54) is 6.42 Å². The molecule has 116 valence electrons. The predicted octanol–water partition coefficient (Wildman–Crippen LogP) is 0.305. The average Bonchev–Trinajstić information content (AvgIpc) is 2.96. The predicted molar refractivity (Wildman–Crippen MR) is 82.1 cm³/mol. The number of ether oxygens (including phenoxy) is 1. The maximum atomic E-state index is 11.6. The first kappa shape index (κ1) is 15.8. The molecule has 1 saturated heterocycles. The number of likely N-dealkylation sites (N-methyl/N-ethyl adjacent to an activating group) is 1. The maximum Gasteiger partial charge on any atom is 0.268 e. The van der Waals surface area contributed by atoms with Crippen LogP contribution in [0.3, 0.4) is 0 Å². The number of carbonyl (C=O) groups is 1. The van der Waals surface area contributed by atoms with Crippen molar-refractivity contribution in [3.63, 3.8) is 0 Å². The van der Waals surface area contributed by atoms with Gasteiger partial charge in [0.1, 0.15) is 12.4 Å². The van der Waals surface area contributed by atoms with E-state index in [2.05, 4.69) is 29.3 Å². The van der Waals surface area contributed by atoms with Gasteiger partial charge in [-0.1, -0.05) is 12.1 Å². The van der Waals surface area contributed by atoms with Crippen LogP contribution in [0.4, 0.5) is 0 Å². The molecule has 0 aliphatic carbocycles. The Bertz CT molecular complexity index is 478. The number of hydrogen-bond acceptors (Lipinski definition) is 5. The lowest BCUT2D eigenvalue weighted by Gasteiger charge is -2.20. The van der Waals surface area contributed by atoms with E-state index in [1.54, 1.807) is 18.2 Å². The molecule has 1 aromatic rings. The van der Waals surface area contributed by atoms with E-state index in [0.29, 0.717) is 24.0 Å². The highest BCUT2D eigenvalue weighted by Gasteiger charge is 2.23. The lowest BCUT2D eigenvalue weighted by molar-refractivity contribution is 0.0949. The fourth-order valence-electron chi connectivity index (χ4n) is 2.58. The van der Waals surface area contributed by atoms with Crippen LogP contribution in [0.25, 0.3) is 0 Å². The smallest absolute Gasteiger partial charge is 0.268 e. The fourth-order valence-corrected chi connectivity index (χ4v) is 2.58. The van der Waals surface area contributed by atoms with Crippen molar-refractivity contribution in [1.29, 1.82) is 0 Å². The minimum Gasteiger partial charge on any atom is -0.491 e. The van der Waals surface area contributed by atoms with Crippen LogP contribution in [0.5, 0.6) is 5.75 Å². The van der Waals surface area contributed by atoms with Gasteiger partial charge in [-0.15, -0.1) is 0 Å². The summed E-state index contributed by atoms with van der Waals surface area (Å²) in [5.74, 6) is 5.42. The minimum atomic E-state index is -0.334. The van der Waals surface area contributed by atoms with E-state index in [1.807, 2.05) is 6.07 Å². The second-order valence-electron chi connectivity index (χ2n) is 5.52. The van der Waals surface area contributed by atoms with Crippen molar-refractivity contribution in [3.05, 3.63) is 29.8 Å². The Kier molecular flexibility index (Phi) is 5.55. The molecule has 2 rings (SSSR count). The fraction of sp³-hybridized carbons (Fsp3) is 0.533. The Labute approximate surface area is 125 Å². The molecule has 3 N–H and O–H groups in total. The second kappa shape index (κ2) is 7.40. The molecule has 1 fully saturated rings. The van der Waals surface area contributed by atoms with Crippen LogP contribution in [0.1, 0.15) is 16.8 Å². The monoisotopic (exact) mass is 292 g/mol. The Morgan fingerprint density at radius 2 is 2.24 bits per heavy atom. The molecule has 21 heavy (non-hydrogen) atoms. The number of nitrogen functional groups attached to an aromatic ring is 1. The van der Waals surface area contributed by atoms with Crippen LogP contribution in [0, 0.1) is 0 Å². The third-order valence-corrected chi connectivity index (χ3v) is 3.91. The highest BCUT2D eigenvalue weighted by Crippen LogP contribution is 2.18. The van der Waals surface area contributed by atoms with Gasteiger partial charge in [0.15, 0.2) is 0 Å². The minimum absolute atomic E-state index is 0.334. The van der Waals surface area contributed by atoms with Gasteiger partial charge in [-0.2, -0.15) is 0 Å². The SMILES string of the molecule is CN(C)C1CCN(CCOc2ccccc2C(=O)NN)C1. The van der Waals surface area contributed by atoms with Gasteiger partial charge in [0.25, 0.3) is 5.91 Å². The van der Waals surface area contributed by atoms with E-state index < -0.39 is 0 Å². The summed E-state index contributed by atoms with van der Waals surface area (Å²) in [4.78, 5) is 16.3. The van der Waals surface area contributed by atoms with Crippen molar-refractivity contribution in [2.75, 3.05) is 40.3 Å². The number of hydrazine groups is 1. The Hall–Kier alpha value is -1.63. The molecule has 1 aromatic carbocycles. The van der Waals surface area contributed by atoms with Crippen molar-refractivity contribution < 1.29 is 9.53 Å². The lowest BCUT2D eigenvalue weighted by atomic mass is 10.2. The number of rotatable bonds is 6. The molecule has 0 saturated carbocycles. The molecule has 1 aliphatic rings. The molecule has 6 nitrogen and oxygen atoms in total. The van der Waals surface area contributed by atoms with Gasteiger partial charge in [-0.3, -0.25) is 15.1 Å². The zero-order valence-corrected chi connectivity index (χ0v) is 12.7. The topological polar surface area (TPSA) is 70.8 Å². The lowest BCUT2D eigenvalue weighted by Crippen LogP contribution is -2.33. The maximum absolute atomic E-state index is 11.6. The van der Waals surface area contributed by atoms with Gasteiger partial charge < -0.3 is 9.64 Å². The zero-order chi connectivity index (χ0) is 15.2. The van der Waals surface area contributed by atoms with E-state index >= 15 is 0 Å². The molecular formula is C15H24N4O2. The third kappa shape index (κ3) is 4.17. The van der Waals surface area contributed by atoms with E-state index in [4.69, 9.17) is 10.6 Å². The summed E-state index contributed by atoms with van der Waals surface area (Å²) < 4.78 is 5.75. The van der Waals surface area contributed by atoms with Gasteiger partial charge in [-0.25, -0.2) is 5.84 Å². The van der Waals surface area contributed by atoms with Gasteiger partial charge >= 0.3 is 0 Å². The van der Waals surface area contributed by atoms with Gasteiger partial charge in [0, 0.05) is 19.1 Å². The summed E-state index contributed by atoms with van der Waals surface area (Å²) in [7, 11) is 4.23. The van der Waals surface area contributed by atoms with E-state index in [0.717, 1.165) is 19.6 Å². The Morgan fingerprint density at radius 1 is 1.48 bits per heavy atom. The summed E-state index contributed by atoms with van der Waals surface area (Å²) in [5, 5.41) is 0. The van der Waals surface area contributed by atoms with Crippen molar-refractivity contribution in [1.82, 2.24) is 15.2 Å². The Morgan fingerprint density at radius 3 is 2.90 bits per heavy atom. The highest BCUT2D eigenvalue weighted by molar-refractivity contribution is 5.96. The molecule has 1 amide bonds. The van der Waals surface area contributed by atoms with Crippen molar-refractivity contribution >= 4 is 5.91 Å². The number of hydrogen-bond donors (Lipinski definition) is 2. The molecule has 0 radical (unpaired) electrons. The molecule has 1 atom stereocenters. The van der Waals surface area contributed by atoms with Crippen LogP contribution < -0.4 is 16.0 Å². The van der Waals surface area contributed by atoms with Crippen molar-refractivity contribution in [2.45, 2.75) is 12.5 Å². The molecule has 6 heteroatoms. The first-order valence-electron chi connectivity index (χ1n) is 7.23. The standard InChI is InChI=1S/C15H24N4O2/c1-18(2)12-7-8-19(11-12)9-10-21-14-6-4-3-5-13(14)15(20)17-16/h3-6,12H,7-11,16H2,1-2H3,(H,17,20). The summed E-state index contributed by atoms with van der Waals surface area (Å²) in [6.45, 7) is 3.59. The molecule has 0 aromatic heterocycles. The molecule has 1 unspecified atom stereocenters. The number of nitrogens with one attached hydrogen (secondary N) is 1. The van der Waals surface area contributed by atoms with Gasteiger partial charge in [-0.05, 0) is 39.2 Å². The van der Waals surface area contributed by atoms with Gasteiger partial charge in [0.05, 0.1) is 5.56 Å². The summed E-state index contributed by atoms with van der Waals surface area (Å²) >= 11 is 0. The molecule has 1 aliphatic heterocycles. The highest BCUT2D eigenvalue weighted by atomic mass is 16.5. The van der Waals surface area contributed by atoms with Crippen LogP contribution in [-0.2, 0) is 0 Å². The van der Waals surface area contributed by atoms with Crippen LogP contribution >= 0.6 is 0 Å². The molecule has 0 bridgehead atoms. The van der Waals surface area contributed by atoms with Crippen molar-refractivity contribution in [3.8, 4) is 5.75 Å². The van der Waals surface area contributed by atoms with Crippen LogP contribution in [-0.4, -0.2) is 62.1 Å².